The van der Waals surface area contributed by atoms with Gasteiger partial charge in [0.25, 0.3) is 21.6 Å². The summed E-state index contributed by atoms with van der Waals surface area (Å²) in [6.45, 7) is 3.83. The van der Waals surface area contributed by atoms with E-state index in [2.05, 4.69) is 15.4 Å². The van der Waals surface area contributed by atoms with Crippen molar-refractivity contribution in [3.63, 3.8) is 0 Å². The summed E-state index contributed by atoms with van der Waals surface area (Å²) in [5.41, 5.74) is 2.49. The average Bonchev–Trinajstić information content (AvgIpc) is 2.76. The highest BCUT2D eigenvalue weighted by atomic mass is 35.5. The van der Waals surface area contributed by atoms with E-state index in [1.54, 1.807) is 12.1 Å². The summed E-state index contributed by atoms with van der Waals surface area (Å²) in [5, 5.41) is 16.0. The van der Waals surface area contributed by atoms with Crippen LogP contribution in [0.2, 0.25) is 5.02 Å². The van der Waals surface area contributed by atoms with Crippen LogP contribution in [0.25, 0.3) is 0 Å². The van der Waals surface area contributed by atoms with E-state index in [-0.39, 0.29) is 20.6 Å². The fourth-order valence-electron chi connectivity index (χ4n) is 2.87. The molecule has 0 aliphatic carbocycles. The van der Waals surface area contributed by atoms with Crippen molar-refractivity contribution in [1.29, 1.82) is 0 Å². The largest absolute Gasteiger partial charge is 0.332 e. The molecule has 0 aliphatic heterocycles. The monoisotopic (exact) mass is 518 g/mol. The molecule has 34 heavy (non-hydrogen) atoms. The van der Waals surface area contributed by atoms with Crippen molar-refractivity contribution in [3.8, 4) is 0 Å². The molecule has 0 saturated heterocycles. The summed E-state index contributed by atoms with van der Waals surface area (Å²) in [6, 6.07) is 14.6. The second-order valence-corrected chi connectivity index (χ2v) is 9.76. The number of benzene rings is 3. The molecule has 0 fully saturated rings. The molecule has 0 unspecified atom stereocenters. The summed E-state index contributed by atoms with van der Waals surface area (Å²) >= 11 is 10.9. The Morgan fingerprint density at radius 1 is 0.971 bits per heavy atom. The van der Waals surface area contributed by atoms with Crippen LogP contribution in [-0.2, 0) is 10.0 Å². The van der Waals surface area contributed by atoms with Crippen molar-refractivity contribution in [1.82, 2.24) is 5.32 Å². The Morgan fingerprint density at radius 3 is 2.24 bits per heavy atom. The number of hydrogen-bond acceptors (Lipinski definition) is 6. The van der Waals surface area contributed by atoms with Crippen LogP contribution >= 0.6 is 23.8 Å². The molecule has 0 bridgehead atoms. The van der Waals surface area contributed by atoms with Gasteiger partial charge in [0.15, 0.2) is 5.11 Å². The number of anilines is 2. The van der Waals surface area contributed by atoms with Gasteiger partial charge in [-0.25, -0.2) is 8.42 Å². The molecule has 0 aliphatic rings. The topological polar surface area (TPSA) is 130 Å². The number of carbonyl (C=O) groups is 1. The number of halogens is 1. The van der Waals surface area contributed by atoms with Gasteiger partial charge in [-0.1, -0.05) is 17.7 Å². The number of thiocarbonyl (C=S) groups is 1. The Bertz CT molecular complexity index is 1390. The highest BCUT2D eigenvalue weighted by molar-refractivity contribution is 7.92. The number of nitrogens with zero attached hydrogens (tertiary/aromatic N) is 1. The molecule has 0 radical (unpaired) electrons. The number of carbonyl (C=O) groups excluding carboxylic acids is 1. The number of nitro benzene ring substituents is 1. The molecule has 0 saturated carbocycles. The van der Waals surface area contributed by atoms with E-state index in [1.165, 1.54) is 36.4 Å². The van der Waals surface area contributed by atoms with E-state index < -0.39 is 26.5 Å². The quantitative estimate of drug-likeness (QED) is 0.243. The average molecular weight is 519 g/mol. The maximum Gasteiger partial charge on any atom is 0.288 e. The van der Waals surface area contributed by atoms with E-state index in [4.69, 9.17) is 23.8 Å². The van der Waals surface area contributed by atoms with E-state index in [1.807, 2.05) is 19.9 Å². The van der Waals surface area contributed by atoms with Crippen LogP contribution in [0.4, 0.5) is 17.1 Å². The Kier molecular flexibility index (Phi) is 7.50. The molecule has 0 aromatic heterocycles. The molecule has 0 atom stereocenters. The molecule has 3 aromatic rings. The summed E-state index contributed by atoms with van der Waals surface area (Å²) in [4.78, 5) is 22.7. The van der Waals surface area contributed by atoms with Crippen LogP contribution in [-0.4, -0.2) is 24.4 Å². The molecule has 3 N–H and O–H groups in total. The SMILES string of the molecule is Cc1ccc(NS(=O)(=O)c2ccc(NC(=S)NC(=O)c3ccc(Cl)c([N+](=O)[O-])c3)cc2)cc1C. The third-order valence-electron chi connectivity index (χ3n) is 4.81. The Hall–Kier alpha value is -3.54. The van der Waals surface area contributed by atoms with Crippen molar-refractivity contribution < 1.29 is 18.1 Å². The van der Waals surface area contributed by atoms with E-state index in [0.717, 1.165) is 17.2 Å². The predicted octanol–water partition coefficient (Wildman–Crippen LogP) is 4.79. The first-order chi connectivity index (χ1) is 16.0. The Labute approximate surface area is 206 Å². The lowest BCUT2D eigenvalue weighted by Gasteiger charge is -2.12. The molecule has 3 rings (SSSR count). The predicted molar refractivity (Wildman–Crippen MR) is 135 cm³/mol. The number of hydrogen-bond donors (Lipinski definition) is 3. The number of amides is 1. The zero-order valence-corrected chi connectivity index (χ0v) is 20.3. The maximum atomic E-state index is 12.7. The van der Waals surface area contributed by atoms with Crippen molar-refractivity contribution in [3.05, 3.63) is 92.5 Å². The third-order valence-corrected chi connectivity index (χ3v) is 6.73. The minimum absolute atomic E-state index is 0.000826. The molecule has 12 heteroatoms. The van der Waals surface area contributed by atoms with Gasteiger partial charge >= 0.3 is 0 Å². The first kappa shape index (κ1) is 25.1. The molecule has 0 spiro atoms. The molecule has 9 nitrogen and oxygen atoms in total. The smallest absolute Gasteiger partial charge is 0.288 e. The Balaban J connectivity index is 1.65. The minimum atomic E-state index is -3.80. The lowest BCUT2D eigenvalue weighted by Crippen LogP contribution is -2.34. The number of nitrogens with one attached hydrogen (secondary N) is 3. The molecule has 176 valence electrons. The van der Waals surface area contributed by atoms with Gasteiger partial charge in [0.2, 0.25) is 0 Å². The van der Waals surface area contributed by atoms with E-state index in [9.17, 15) is 23.3 Å². The Morgan fingerprint density at radius 2 is 1.62 bits per heavy atom. The second-order valence-electron chi connectivity index (χ2n) is 7.26. The highest BCUT2D eigenvalue weighted by Crippen LogP contribution is 2.25. The van der Waals surface area contributed by atoms with Gasteiger partial charge in [0.1, 0.15) is 5.02 Å². The minimum Gasteiger partial charge on any atom is -0.332 e. The fourth-order valence-corrected chi connectivity index (χ4v) is 4.31. The molecular weight excluding hydrogens is 500 g/mol. The number of sulfonamides is 1. The third kappa shape index (κ3) is 6.07. The van der Waals surface area contributed by atoms with Crippen LogP contribution in [0.3, 0.4) is 0 Å². The standard InChI is InChI=1S/C22H19ClN4O5S2/c1-13-3-5-17(11-14(13)2)26-34(31,32)18-8-6-16(7-9-18)24-22(33)25-21(28)15-4-10-19(23)20(12-15)27(29)30/h3-12,26H,1-2H3,(H2,24,25,28,33). The lowest BCUT2D eigenvalue weighted by atomic mass is 10.1. The first-order valence-corrected chi connectivity index (χ1v) is 12.0. The van der Waals surface area contributed by atoms with Crippen LogP contribution in [0.15, 0.2) is 65.6 Å². The normalized spacial score (nSPS) is 10.9. The first-order valence-electron chi connectivity index (χ1n) is 9.73. The van der Waals surface area contributed by atoms with Crippen LogP contribution < -0.4 is 15.4 Å². The molecular formula is C22H19ClN4O5S2. The zero-order chi connectivity index (χ0) is 25.0. The zero-order valence-electron chi connectivity index (χ0n) is 18.0. The van der Waals surface area contributed by atoms with Gasteiger partial charge in [0, 0.05) is 23.0 Å². The summed E-state index contributed by atoms with van der Waals surface area (Å²) in [6.07, 6.45) is 0. The van der Waals surface area contributed by atoms with Crippen molar-refractivity contribution in [2.75, 3.05) is 10.0 Å². The van der Waals surface area contributed by atoms with Crippen LogP contribution in [0, 0.1) is 24.0 Å². The molecule has 1 amide bonds. The van der Waals surface area contributed by atoms with E-state index >= 15 is 0 Å². The number of rotatable bonds is 6. The van der Waals surface area contributed by atoms with Gasteiger partial charge in [-0.2, -0.15) is 0 Å². The summed E-state index contributed by atoms with van der Waals surface area (Å²) in [5.74, 6) is -0.672. The van der Waals surface area contributed by atoms with Gasteiger partial charge in [0.05, 0.1) is 9.82 Å². The maximum absolute atomic E-state index is 12.7. The van der Waals surface area contributed by atoms with Gasteiger partial charge in [-0.05, 0) is 85.7 Å². The van der Waals surface area contributed by atoms with Gasteiger partial charge < -0.3 is 5.32 Å². The highest BCUT2D eigenvalue weighted by Gasteiger charge is 2.18. The second kappa shape index (κ2) is 10.2. The van der Waals surface area contributed by atoms with Gasteiger partial charge in [-0.3, -0.25) is 24.9 Å². The number of aryl methyl sites for hydroxylation is 2. The van der Waals surface area contributed by atoms with Crippen molar-refractivity contribution in [2.45, 2.75) is 18.7 Å². The summed E-state index contributed by atoms with van der Waals surface area (Å²) < 4.78 is 27.9. The van der Waals surface area contributed by atoms with Gasteiger partial charge in [-0.15, -0.1) is 0 Å². The number of nitro groups is 1. The lowest BCUT2D eigenvalue weighted by molar-refractivity contribution is -0.384. The van der Waals surface area contributed by atoms with E-state index in [0.29, 0.717) is 11.4 Å². The fraction of sp³-hybridized carbons (Fsp3) is 0.0909. The summed E-state index contributed by atoms with van der Waals surface area (Å²) in [7, 11) is -3.80. The molecule has 0 heterocycles. The van der Waals surface area contributed by atoms with Crippen LogP contribution in [0.1, 0.15) is 21.5 Å². The van der Waals surface area contributed by atoms with Crippen molar-refractivity contribution >= 4 is 61.9 Å². The van der Waals surface area contributed by atoms with Crippen molar-refractivity contribution in [2.24, 2.45) is 0 Å². The molecule has 3 aromatic carbocycles. The van der Waals surface area contributed by atoms with Crippen LogP contribution in [0.5, 0.6) is 0 Å².